The highest BCUT2D eigenvalue weighted by atomic mass is 32.2. The van der Waals surface area contributed by atoms with Crippen molar-refractivity contribution < 1.29 is 15.0 Å². The summed E-state index contributed by atoms with van der Waals surface area (Å²) in [6, 6.07) is 4.17. The molecule has 2 aromatic rings. The number of carbonyl (C=O) groups excluding carboxylic acids is 1. The summed E-state index contributed by atoms with van der Waals surface area (Å²) in [5.41, 5.74) is 3.28. The maximum atomic E-state index is 11.7. The minimum Gasteiger partial charge on any atom is -0.508 e. The topological polar surface area (TPSA) is 108 Å². The van der Waals surface area contributed by atoms with E-state index in [0.29, 0.717) is 11.3 Å². The number of nitrogens with zero attached hydrogens (tertiary/aromatic N) is 3. The molecule has 1 aromatic carbocycles. The van der Waals surface area contributed by atoms with Crippen LogP contribution >= 0.6 is 23.1 Å². The summed E-state index contributed by atoms with van der Waals surface area (Å²) in [5.74, 6) is -0.251. The molecule has 0 aliphatic carbocycles. The first-order valence-corrected chi connectivity index (χ1v) is 8.04. The van der Waals surface area contributed by atoms with E-state index in [2.05, 4.69) is 20.7 Å². The Kier molecular flexibility index (Phi) is 5.34. The van der Waals surface area contributed by atoms with Gasteiger partial charge in [0.1, 0.15) is 16.5 Å². The molecular weight excluding hydrogens is 324 g/mol. The third-order valence-electron chi connectivity index (χ3n) is 2.55. The highest BCUT2D eigenvalue weighted by molar-refractivity contribution is 8.01. The van der Waals surface area contributed by atoms with Crippen LogP contribution in [0.15, 0.2) is 27.6 Å². The number of benzene rings is 1. The number of aromatic hydroxyl groups is 2. The monoisotopic (exact) mass is 338 g/mol. The van der Waals surface area contributed by atoms with Crippen molar-refractivity contribution in [3.8, 4) is 11.5 Å². The second kappa shape index (κ2) is 7.23. The van der Waals surface area contributed by atoms with Gasteiger partial charge in [-0.15, -0.1) is 10.2 Å². The molecule has 2 rings (SSSR count). The standard InChI is InChI=1S/C13H14N4O3S2/c1-7(10-4-3-9(18)5-11(10)19)14-16-12(20)6-21-13-17-15-8(2)22-13/h3-5,18-19H,6H2,1-2H3,(H,16,20)/b14-7+. The van der Waals surface area contributed by atoms with Gasteiger partial charge in [-0.1, -0.05) is 23.1 Å². The normalized spacial score (nSPS) is 11.5. The maximum Gasteiger partial charge on any atom is 0.250 e. The molecule has 0 fully saturated rings. The first kappa shape index (κ1) is 16.2. The lowest BCUT2D eigenvalue weighted by atomic mass is 10.1. The Bertz CT molecular complexity index is 715. The van der Waals surface area contributed by atoms with E-state index in [0.717, 1.165) is 9.35 Å². The fraction of sp³-hybridized carbons (Fsp3) is 0.231. The maximum absolute atomic E-state index is 11.7. The molecule has 0 saturated heterocycles. The molecule has 7 nitrogen and oxygen atoms in total. The molecule has 0 spiro atoms. The van der Waals surface area contributed by atoms with Crippen molar-refractivity contribution in [1.82, 2.24) is 15.6 Å². The number of carbonyl (C=O) groups is 1. The minimum absolute atomic E-state index is 0.0400. The van der Waals surface area contributed by atoms with Crippen molar-refractivity contribution in [3.63, 3.8) is 0 Å². The highest BCUT2D eigenvalue weighted by Gasteiger charge is 2.08. The van der Waals surface area contributed by atoms with E-state index in [1.807, 2.05) is 6.92 Å². The van der Waals surface area contributed by atoms with Crippen LogP contribution in [0.1, 0.15) is 17.5 Å². The number of hydrazone groups is 1. The molecule has 0 aliphatic rings. The number of phenols is 2. The van der Waals surface area contributed by atoms with Gasteiger partial charge in [0.05, 0.1) is 11.5 Å². The molecule has 9 heteroatoms. The van der Waals surface area contributed by atoms with Crippen LogP contribution in [0, 0.1) is 6.92 Å². The minimum atomic E-state index is -0.282. The van der Waals surface area contributed by atoms with Gasteiger partial charge in [0.15, 0.2) is 4.34 Å². The number of amides is 1. The quantitative estimate of drug-likeness (QED) is 0.436. The van der Waals surface area contributed by atoms with Crippen LogP contribution in [0.2, 0.25) is 0 Å². The van der Waals surface area contributed by atoms with E-state index in [9.17, 15) is 15.0 Å². The lowest BCUT2D eigenvalue weighted by Crippen LogP contribution is -2.21. The predicted octanol–water partition coefficient (Wildman–Crippen LogP) is 1.89. The fourth-order valence-corrected chi connectivity index (χ4v) is 3.14. The molecule has 0 radical (unpaired) electrons. The Morgan fingerprint density at radius 3 is 2.82 bits per heavy atom. The van der Waals surface area contributed by atoms with Crippen molar-refractivity contribution in [2.45, 2.75) is 18.2 Å². The van der Waals surface area contributed by atoms with Gasteiger partial charge in [-0.2, -0.15) is 5.10 Å². The number of aromatic nitrogens is 2. The number of phenolic OH excluding ortho intramolecular Hbond substituents is 2. The van der Waals surface area contributed by atoms with Gasteiger partial charge >= 0.3 is 0 Å². The average Bonchev–Trinajstić information content (AvgIpc) is 2.88. The summed E-state index contributed by atoms with van der Waals surface area (Å²) in [6.07, 6.45) is 0. The smallest absolute Gasteiger partial charge is 0.250 e. The molecule has 3 N–H and O–H groups in total. The zero-order chi connectivity index (χ0) is 16.1. The van der Waals surface area contributed by atoms with Crippen molar-refractivity contribution in [2.24, 2.45) is 5.10 Å². The van der Waals surface area contributed by atoms with Crippen LogP contribution in [0.5, 0.6) is 11.5 Å². The molecule has 1 heterocycles. The van der Waals surface area contributed by atoms with Gasteiger partial charge in [-0.25, -0.2) is 5.43 Å². The van der Waals surface area contributed by atoms with Crippen LogP contribution in [0.25, 0.3) is 0 Å². The SMILES string of the molecule is C/C(=N\NC(=O)CSc1nnc(C)s1)c1ccc(O)cc1O. The van der Waals surface area contributed by atoms with Crippen molar-refractivity contribution in [1.29, 1.82) is 0 Å². The second-order valence-electron chi connectivity index (χ2n) is 4.31. The Hall–Kier alpha value is -2.13. The van der Waals surface area contributed by atoms with Gasteiger partial charge < -0.3 is 10.2 Å². The van der Waals surface area contributed by atoms with E-state index in [4.69, 9.17) is 0 Å². The fourth-order valence-electron chi connectivity index (χ4n) is 1.53. The van der Waals surface area contributed by atoms with E-state index < -0.39 is 0 Å². The molecule has 0 aliphatic heterocycles. The number of rotatable bonds is 5. The second-order valence-corrected chi connectivity index (χ2v) is 6.71. The summed E-state index contributed by atoms with van der Waals surface area (Å²) in [4.78, 5) is 11.7. The van der Waals surface area contributed by atoms with Crippen LogP contribution < -0.4 is 5.43 Å². The summed E-state index contributed by atoms with van der Waals surface area (Å²) in [6.45, 7) is 3.49. The molecule has 0 bridgehead atoms. The zero-order valence-electron chi connectivity index (χ0n) is 11.9. The van der Waals surface area contributed by atoms with Crippen molar-refractivity contribution in [3.05, 3.63) is 28.8 Å². The van der Waals surface area contributed by atoms with Crippen LogP contribution in [-0.4, -0.2) is 37.8 Å². The van der Waals surface area contributed by atoms with E-state index >= 15 is 0 Å². The van der Waals surface area contributed by atoms with Crippen LogP contribution in [-0.2, 0) is 4.79 Å². The third-order valence-corrected chi connectivity index (χ3v) is 4.53. The molecule has 0 unspecified atom stereocenters. The number of hydrogen-bond acceptors (Lipinski definition) is 8. The van der Waals surface area contributed by atoms with E-state index in [1.165, 1.54) is 41.3 Å². The molecule has 116 valence electrons. The Morgan fingerprint density at radius 2 is 2.18 bits per heavy atom. The Labute approximate surface area is 135 Å². The van der Waals surface area contributed by atoms with Crippen molar-refractivity contribution in [2.75, 3.05) is 5.75 Å². The number of thioether (sulfide) groups is 1. The van der Waals surface area contributed by atoms with E-state index in [1.54, 1.807) is 6.92 Å². The predicted molar refractivity (Wildman–Crippen MR) is 85.5 cm³/mol. The average molecular weight is 338 g/mol. The highest BCUT2D eigenvalue weighted by Crippen LogP contribution is 2.23. The lowest BCUT2D eigenvalue weighted by Gasteiger charge is -2.05. The first-order chi connectivity index (χ1) is 10.5. The molecule has 1 aromatic heterocycles. The van der Waals surface area contributed by atoms with Crippen LogP contribution in [0.4, 0.5) is 0 Å². The summed E-state index contributed by atoms with van der Waals surface area (Å²) >= 11 is 2.71. The molecular formula is C13H14N4O3S2. The van der Waals surface area contributed by atoms with Gasteiger partial charge in [0.2, 0.25) is 0 Å². The first-order valence-electron chi connectivity index (χ1n) is 6.24. The van der Waals surface area contributed by atoms with E-state index in [-0.39, 0.29) is 23.2 Å². The van der Waals surface area contributed by atoms with Gasteiger partial charge in [0, 0.05) is 11.6 Å². The van der Waals surface area contributed by atoms with Crippen LogP contribution in [0.3, 0.4) is 0 Å². The largest absolute Gasteiger partial charge is 0.508 e. The Morgan fingerprint density at radius 1 is 1.41 bits per heavy atom. The zero-order valence-corrected chi connectivity index (χ0v) is 13.5. The lowest BCUT2D eigenvalue weighted by molar-refractivity contribution is -0.118. The van der Waals surface area contributed by atoms with Gasteiger partial charge in [0.25, 0.3) is 5.91 Å². The summed E-state index contributed by atoms with van der Waals surface area (Å²) < 4.78 is 0.726. The molecule has 1 amide bonds. The van der Waals surface area contributed by atoms with Crippen molar-refractivity contribution >= 4 is 34.7 Å². The third kappa shape index (κ3) is 4.43. The molecule has 0 saturated carbocycles. The number of hydrogen-bond donors (Lipinski definition) is 3. The van der Waals surface area contributed by atoms with Gasteiger partial charge in [-0.3, -0.25) is 4.79 Å². The number of aryl methyl sites for hydroxylation is 1. The summed E-state index contributed by atoms with van der Waals surface area (Å²) in [5, 5.41) is 31.5. The molecule has 0 atom stereocenters. The summed E-state index contributed by atoms with van der Waals surface area (Å²) in [7, 11) is 0. The number of nitrogens with one attached hydrogen (secondary N) is 1. The van der Waals surface area contributed by atoms with Gasteiger partial charge in [-0.05, 0) is 26.0 Å². The Balaban J connectivity index is 1.91. The molecule has 22 heavy (non-hydrogen) atoms.